The van der Waals surface area contributed by atoms with Crippen molar-refractivity contribution in [2.45, 2.75) is 19.8 Å². The number of halogens is 2. The summed E-state index contributed by atoms with van der Waals surface area (Å²) in [7, 11) is 1.81. The van der Waals surface area contributed by atoms with Crippen LogP contribution in [0.25, 0.3) is 22.4 Å². The van der Waals surface area contributed by atoms with E-state index >= 15 is 0 Å². The highest BCUT2D eigenvalue weighted by Gasteiger charge is 2.14. The Morgan fingerprint density at radius 2 is 2.03 bits per heavy atom. The zero-order valence-corrected chi connectivity index (χ0v) is 15.7. The average molecular weight is 397 g/mol. The molecular weight excluding hydrogens is 380 g/mol. The van der Waals surface area contributed by atoms with Gasteiger partial charge in [0.2, 0.25) is 5.91 Å². The fourth-order valence-corrected chi connectivity index (χ4v) is 3.06. The summed E-state index contributed by atoms with van der Waals surface area (Å²) in [5.74, 6) is -1.17. The summed E-state index contributed by atoms with van der Waals surface area (Å²) in [6, 6.07) is 5.02. The average Bonchev–Trinajstić information content (AvgIpc) is 3.25. The number of nitrogens with one attached hydrogen (secondary N) is 1. The van der Waals surface area contributed by atoms with E-state index in [0.717, 1.165) is 28.9 Å². The van der Waals surface area contributed by atoms with Crippen molar-refractivity contribution in [1.82, 2.24) is 19.7 Å². The standard InChI is InChI=1S/C20H17F2N5O2/c1-11-15-8-13(9-24-20(15)27(2)26-11)25-18(28)5-6-19-23-10-17(29-19)14-4-3-12(21)7-16(14)22/h3-4,7-10H,5-6H2,1-2H3,(H,25,28). The fourth-order valence-electron chi connectivity index (χ4n) is 3.06. The summed E-state index contributed by atoms with van der Waals surface area (Å²) in [6.07, 6.45) is 3.28. The smallest absolute Gasteiger partial charge is 0.224 e. The van der Waals surface area contributed by atoms with Crippen LogP contribution in [-0.4, -0.2) is 25.7 Å². The molecule has 4 aromatic rings. The SMILES string of the molecule is Cc1nn(C)c2ncc(NC(=O)CCc3ncc(-c4ccc(F)cc4F)o3)cc12. The first kappa shape index (κ1) is 18.7. The lowest BCUT2D eigenvalue weighted by Gasteiger charge is -2.04. The van der Waals surface area contributed by atoms with Crippen LogP contribution in [0.5, 0.6) is 0 Å². The van der Waals surface area contributed by atoms with Gasteiger partial charge in [-0.05, 0) is 25.1 Å². The molecule has 0 atom stereocenters. The van der Waals surface area contributed by atoms with Gasteiger partial charge in [-0.3, -0.25) is 9.48 Å². The number of fused-ring (bicyclic) bond motifs is 1. The molecule has 7 nitrogen and oxygen atoms in total. The monoisotopic (exact) mass is 397 g/mol. The zero-order valence-electron chi connectivity index (χ0n) is 15.7. The van der Waals surface area contributed by atoms with Crippen molar-refractivity contribution in [2.75, 3.05) is 5.32 Å². The van der Waals surface area contributed by atoms with E-state index in [-0.39, 0.29) is 36.0 Å². The van der Waals surface area contributed by atoms with Crippen molar-refractivity contribution in [2.24, 2.45) is 7.05 Å². The van der Waals surface area contributed by atoms with Gasteiger partial charge in [0.25, 0.3) is 0 Å². The predicted molar refractivity (Wildman–Crippen MR) is 102 cm³/mol. The van der Waals surface area contributed by atoms with E-state index in [0.29, 0.717) is 5.69 Å². The van der Waals surface area contributed by atoms with Gasteiger partial charge in [-0.2, -0.15) is 5.10 Å². The molecule has 148 valence electrons. The number of aromatic nitrogens is 4. The maximum Gasteiger partial charge on any atom is 0.224 e. The van der Waals surface area contributed by atoms with E-state index in [4.69, 9.17) is 4.42 Å². The van der Waals surface area contributed by atoms with Gasteiger partial charge in [0.1, 0.15) is 11.6 Å². The van der Waals surface area contributed by atoms with Gasteiger partial charge in [-0.15, -0.1) is 0 Å². The summed E-state index contributed by atoms with van der Waals surface area (Å²) in [5.41, 5.74) is 2.24. The number of pyridine rings is 1. The minimum absolute atomic E-state index is 0.112. The number of hydrogen-bond donors (Lipinski definition) is 1. The summed E-state index contributed by atoms with van der Waals surface area (Å²) >= 11 is 0. The van der Waals surface area contributed by atoms with Gasteiger partial charge < -0.3 is 9.73 Å². The van der Waals surface area contributed by atoms with Crippen LogP contribution in [0.3, 0.4) is 0 Å². The first-order chi connectivity index (χ1) is 13.9. The van der Waals surface area contributed by atoms with E-state index in [1.807, 2.05) is 20.0 Å². The molecule has 0 spiro atoms. The highest BCUT2D eigenvalue weighted by Crippen LogP contribution is 2.25. The summed E-state index contributed by atoms with van der Waals surface area (Å²) in [5, 5.41) is 7.95. The number of carbonyl (C=O) groups excluding carboxylic acids is 1. The fraction of sp³-hybridized carbons (Fsp3) is 0.200. The van der Waals surface area contributed by atoms with Crippen LogP contribution in [0.1, 0.15) is 18.0 Å². The molecule has 0 radical (unpaired) electrons. The van der Waals surface area contributed by atoms with Crippen LogP contribution >= 0.6 is 0 Å². The molecular formula is C20H17F2N5O2. The molecule has 29 heavy (non-hydrogen) atoms. The lowest BCUT2D eigenvalue weighted by atomic mass is 10.2. The predicted octanol–water partition coefficient (Wildman–Crippen LogP) is 3.78. The molecule has 1 amide bonds. The van der Waals surface area contributed by atoms with Crippen LogP contribution in [0.15, 0.2) is 41.1 Å². The third-order valence-corrected chi connectivity index (χ3v) is 4.46. The Morgan fingerprint density at radius 1 is 1.21 bits per heavy atom. The van der Waals surface area contributed by atoms with E-state index in [9.17, 15) is 13.6 Å². The van der Waals surface area contributed by atoms with E-state index in [1.165, 1.54) is 12.3 Å². The van der Waals surface area contributed by atoms with Crippen molar-refractivity contribution in [3.05, 3.63) is 59.9 Å². The van der Waals surface area contributed by atoms with Crippen LogP contribution in [0, 0.1) is 18.6 Å². The number of oxazole rings is 1. The second kappa shape index (κ2) is 7.42. The number of rotatable bonds is 5. The van der Waals surface area contributed by atoms with Crippen molar-refractivity contribution in [3.63, 3.8) is 0 Å². The largest absolute Gasteiger partial charge is 0.441 e. The van der Waals surface area contributed by atoms with Gasteiger partial charge in [-0.25, -0.2) is 18.7 Å². The second-order valence-electron chi connectivity index (χ2n) is 6.59. The van der Waals surface area contributed by atoms with E-state index in [1.54, 1.807) is 10.9 Å². The number of carbonyl (C=O) groups is 1. The number of aryl methyl sites for hydroxylation is 3. The molecule has 0 fully saturated rings. The molecule has 0 unspecified atom stereocenters. The first-order valence-electron chi connectivity index (χ1n) is 8.90. The zero-order chi connectivity index (χ0) is 20.5. The lowest BCUT2D eigenvalue weighted by molar-refractivity contribution is -0.116. The highest BCUT2D eigenvalue weighted by atomic mass is 19.1. The summed E-state index contributed by atoms with van der Waals surface area (Å²) in [6.45, 7) is 1.87. The normalized spacial score (nSPS) is 11.2. The lowest BCUT2D eigenvalue weighted by Crippen LogP contribution is -2.12. The van der Waals surface area contributed by atoms with Crippen LogP contribution in [0.4, 0.5) is 14.5 Å². The van der Waals surface area contributed by atoms with Gasteiger partial charge in [0.05, 0.1) is 29.3 Å². The molecule has 0 aliphatic heterocycles. The topological polar surface area (TPSA) is 85.8 Å². The van der Waals surface area contributed by atoms with Crippen LogP contribution < -0.4 is 5.32 Å². The maximum atomic E-state index is 13.8. The van der Waals surface area contributed by atoms with Crippen molar-refractivity contribution in [1.29, 1.82) is 0 Å². The van der Waals surface area contributed by atoms with Crippen molar-refractivity contribution >= 4 is 22.6 Å². The van der Waals surface area contributed by atoms with Crippen LogP contribution in [0.2, 0.25) is 0 Å². The van der Waals surface area contributed by atoms with Gasteiger partial charge in [0, 0.05) is 31.3 Å². The number of anilines is 1. The van der Waals surface area contributed by atoms with E-state index in [2.05, 4.69) is 20.4 Å². The highest BCUT2D eigenvalue weighted by molar-refractivity contribution is 5.93. The second-order valence-corrected chi connectivity index (χ2v) is 6.59. The molecule has 3 heterocycles. The maximum absolute atomic E-state index is 13.8. The van der Waals surface area contributed by atoms with Gasteiger partial charge >= 0.3 is 0 Å². The molecule has 0 bridgehead atoms. The molecule has 1 aromatic carbocycles. The molecule has 0 aliphatic rings. The van der Waals surface area contributed by atoms with E-state index < -0.39 is 11.6 Å². The Morgan fingerprint density at radius 3 is 2.83 bits per heavy atom. The third-order valence-electron chi connectivity index (χ3n) is 4.46. The number of amides is 1. The molecule has 0 aliphatic carbocycles. The number of nitrogens with zero attached hydrogens (tertiary/aromatic N) is 4. The molecule has 0 saturated heterocycles. The summed E-state index contributed by atoms with van der Waals surface area (Å²) in [4.78, 5) is 20.6. The Balaban J connectivity index is 1.40. The molecule has 1 N–H and O–H groups in total. The molecule has 0 saturated carbocycles. The minimum atomic E-state index is -0.737. The third kappa shape index (κ3) is 3.84. The van der Waals surface area contributed by atoms with Gasteiger partial charge in [0.15, 0.2) is 17.3 Å². The molecule has 4 rings (SSSR count). The minimum Gasteiger partial charge on any atom is -0.441 e. The first-order valence-corrected chi connectivity index (χ1v) is 8.90. The van der Waals surface area contributed by atoms with Crippen LogP contribution in [-0.2, 0) is 18.3 Å². The Labute approximate surface area is 164 Å². The number of benzene rings is 1. The molecule has 3 aromatic heterocycles. The Hall–Kier alpha value is -3.62. The van der Waals surface area contributed by atoms with Crippen molar-refractivity contribution < 1.29 is 18.0 Å². The molecule has 9 heteroatoms. The van der Waals surface area contributed by atoms with Gasteiger partial charge in [-0.1, -0.05) is 0 Å². The Kier molecular flexibility index (Phi) is 4.79. The summed E-state index contributed by atoms with van der Waals surface area (Å²) < 4.78 is 34.0. The number of hydrogen-bond acceptors (Lipinski definition) is 5. The Bertz CT molecular complexity index is 1220. The van der Waals surface area contributed by atoms with Crippen molar-refractivity contribution in [3.8, 4) is 11.3 Å². The quantitative estimate of drug-likeness (QED) is 0.554.